The maximum atomic E-state index is 14.2. The van der Waals surface area contributed by atoms with Crippen molar-refractivity contribution in [2.45, 2.75) is 51.5 Å². The van der Waals surface area contributed by atoms with E-state index in [4.69, 9.17) is 16.3 Å². The van der Waals surface area contributed by atoms with Crippen molar-refractivity contribution in [3.8, 4) is 22.7 Å². The molecule has 0 saturated heterocycles. The Labute approximate surface area is 284 Å². The molecule has 0 radical (unpaired) electrons. The van der Waals surface area contributed by atoms with E-state index in [1.54, 1.807) is 52.1 Å². The van der Waals surface area contributed by atoms with Gasteiger partial charge in [-0.25, -0.2) is 4.79 Å². The summed E-state index contributed by atoms with van der Waals surface area (Å²) in [5.74, 6) is 0.0133. The molecule has 7 rings (SSSR count). The van der Waals surface area contributed by atoms with E-state index in [0.717, 1.165) is 24.0 Å². The largest absolute Gasteiger partial charge is 0.490 e. The zero-order valence-electron chi connectivity index (χ0n) is 25.4. The number of amides is 2. The summed E-state index contributed by atoms with van der Waals surface area (Å²) in [6.45, 7) is 2.33. The molecule has 5 aromatic rings. The Morgan fingerprint density at radius 2 is 1.83 bits per heavy atom. The molecule has 238 valence electrons. The van der Waals surface area contributed by atoms with E-state index in [0.29, 0.717) is 37.9 Å². The number of rotatable bonds is 8. The summed E-state index contributed by atoms with van der Waals surface area (Å²) in [4.78, 5) is 43.7. The van der Waals surface area contributed by atoms with E-state index in [1.165, 1.54) is 4.57 Å². The van der Waals surface area contributed by atoms with Crippen LogP contribution in [0.5, 0.6) is 5.75 Å². The first-order valence-electron chi connectivity index (χ1n) is 15.3. The van der Waals surface area contributed by atoms with Crippen molar-refractivity contribution in [1.82, 2.24) is 29.5 Å². The molecule has 1 atom stereocenters. The van der Waals surface area contributed by atoms with Crippen LogP contribution in [0, 0.1) is 0 Å². The molecule has 3 heterocycles. The second-order valence-corrected chi connectivity index (χ2v) is 13.0. The molecule has 47 heavy (non-hydrogen) atoms. The molecule has 2 aliphatic rings. The van der Waals surface area contributed by atoms with Crippen molar-refractivity contribution in [3.05, 3.63) is 128 Å². The number of nitrogens with zero attached hydrogens (tertiary/aromatic N) is 5. The van der Waals surface area contributed by atoms with Crippen molar-refractivity contribution < 1.29 is 14.3 Å². The number of hydrogen-bond acceptors (Lipinski definition) is 6. The van der Waals surface area contributed by atoms with E-state index in [2.05, 4.69) is 31.4 Å². The number of fused-ring (bicyclic) bond motifs is 1. The summed E-state index contributed by atoms with van der Waals surface area (Å²) in [5, 5.41) is 11.7. The fourth-order valence-corrected chi connectivity index (χ4v) is 6.26. The molecule has 2 aromatic heterocycles. The first-order valence-corrected chi connectivity index (χ1v) is 16.5. The number of ether oxygens (including phenoxy) is 1. The highest BCUT2D eigenvalue weighted by atomic mass is 79.9. The topological polar surface area (TPSA) is 111 Å². The minimum Gasteiger partial charge on any atom is -0.490 e. The summed E-state index contributed by atoms with van der Waals surface area (Å²) in [7, 11) is 0. The van der Waals surface area contributed by atoms with Crippen LogP contribution in [0.25, 0.3) is 16.9 Å². The lowest BCUT2D eigenvalue weighted by atomic mass is 10.0. The minimum absolute atomic E-state index is 0.0533. The van der Waals surface area contributed by atoms with Gasteiger partial charge in [0.05, 0.1) is 34.7 Å². The van der Waals surface area contributed by atoms with Crippen LogP contribution in [0.15, 0.2) is 94.3 Å². The van der Waals surface area contributed by atoms with Crippen LogP contribution in [-0.2, 0) is 19.6 Å². The molecule has 1 aliphatic heterocycles. The summed E-state index contributed by atoms with van der Waals surface area (Å²) in [6, 6.07) is 23.2. The lowest BCUT2D eigenvalue weighted by Crippen LogP contribution is -2.47. The number of benzene rings is 3. The summed E-state index contributed by atoms with van der Waals surface area (Å²) >= 11 is 9.69. The average molecular weight is 714 g/mol. The van der Waals surface area contributed by atoms with Crippen LogP contribution in [0.1, 0.15) is 51.9 Å². The van der Waals surface area contributed by atoms with Crippen LogP contribution < -0.4 is 15.7 Å². The molecule has 1 saturated carbocycles. The van der Waals surface area contributed by atoms with E-state index >= 15 is 0 Å². The molecule has 3 aromatic carbocycles. The Hall–Kier alpha value is -4.74. The van der Waals surface area contributed by atoms with Gasteiger partial charge < -0.3 is 15.0 Å². The van der Waals surface area contributed by atoms with Gasteiger partial charge in [-0.3, -0.25) is 18.7 Å². The highest BCUT2D eigenvalue weighted by Crippen LogP contribution is 2.30. The Balaban J connectivity index is 1.26. The fourth-order valence-electron chi connectivity index (χ4n) is 5.84. The third-order valence-corrected chi connectivity index (χ3v) is 9.65. The number of carbonyl (C=O) groups excluding carboxylic acids is 2. The Bertz CT molecular complexity index is 2040. The number of carbonyl (C=O) groups is 2. The molecule has 0 bridgehead atoms. The highest BCUT2D eigenvalue weighted by molar-refractivity contribution is 9.10. The molecule has 1 N–H and O–H groups in total. The van der Waals surface area contributed by atoms with Gasteiger partial charge in [0.15, 0.2) is 0 Å². The first kappa shape index (κ1) is 30.9. The van der Waals surface area contributed by atoms with E-state index in [9.17, 15) is 14.4 Å². The first-order chi connectivity index (χ1) is 22.8. The van der Waals surface area contributed by atoms with Gasteiger partial charge >= 0.3 is 5.69 Å². The van der Waals surface area contributed by atoms with Gasteiger partial charge in [0.2, 0.25) is 0 Å². The fraction of sp³-hybridized carbons (Fsp3) is 0.229. The maximum Gasteiger partial charge on any atom is 0.333 e. The van der Waals surface area contributed by atoms with Crippen molar-refractivity contribution >= 4 is 39.3 Å². The van der Waals surface area contributed by atoms with Crippen molar-refractivity contribution in [2.24, 2.45) is 0 Å². The molecule has 0 spiro atoms. The highest BCUT2D eigenvalue weighted by Gasteiger charge is 2.35. The van der Waals surface area contributed by atoms with Crippen molar-refractivity contribution in [2.75, 3.05) is 0 Å². The van der Waals surface area contributed by atoms with Gasteiger partial charge in [0, 0.05) is 40.9 Å². The normalized spacial score (nSPS) is 15.6. The molecule has 2 amide bonds. The van der Waals surface area contributed by atoms with Crippen LogP contribution in [0.2, 0.25) is 5.02 Å². The Morgan fingerprint density at radius 1 is 1.04 bits per heavy atom. The Kier molecular flexibility index (Phi) is 8.42. The third kappa shape index (κ3) is 6.20. The van der Waals surface area contributed by atoms with Gasteiger partial charge in [0.1, 0.15) is 11.4 Å². The van der Waals surface area contributed by atoms with Crippen molar-refractivity contribution in [1.29, 1.82) is 0 Å². The lowest BCUT2D eigenvalue weighted by molar-refractivity contribution is 0.0610. The van der Waals surface area contributed by atoms with E-state index in [-0.39, 0.29) is 49.1 Å². The number of aromatic nitrogens is 4. The predicted molar refractivity (Wildman–Crippen MR) is 181 cm³/mol. The molecular formula is C35H30BrClN6O4. The van der Waals surface area contributed by atoms with Gasteiger partial charge in [0.25, 0.3) is 11.8 Å². The second-order valence-electron chi connectivity index (χ2n) is 11.7. The van der Waals surface area contributed by atoms with Gasteiger partial charge in [-0.15, -0.1) is 0 Å². The smallest absolute Gasteiger partial charge is 0.333 e. The maximum absolute atomic E-state index is 14.2. The monoisotopic (exact) mass is 712 g/mol. The number of hydrogen-bond donors (Lipinski definition) is 1. The number of nitrogens with one attached hydrogen (secondary N) is 1. The summed E-state index contributed by atoms with van der Waals surface area (Å²) in [6.07, 6.45) is 3.88. The number of halogens is 2. The molecule has 10 nitrogen and oxygen atoms in total. The SMILES string of the molecule is C[C@@H]1Cn2c(c(C(=O)NCc3ccccc3-c3cccnn3)n(-c3ccc(OC4CC4)cc3)c2=O)CN1C(=O)c1ccc(Br)c(Cl)c1. The minimum atomic E-state index is -0.447. The van der Waals surface area contributed by atoms with Crippen LogP contribution >= 0.6 is 27.5 Å². The molecule has 12 heteroatoms. The molecule has 0 unspecified atom stereocenters. The van der Waals surface area contributed by atoms with E-state index < -0.39 is 5.91 Å². The average Bonchev–Trinajstić information content (AvgIpc) is 3.87. The second kappa shape index (κ2) is 12.8. The third-order valence-electron chi connectivity index (χ3n) is 8.41. The molecule has 1 fully saturated rings. The molecule has 1 aliphatic carbocycles. The van der Waals surface area contributed by atoms with Crippen molar-refractivity contribution in [3.63, 3.8) is 0 Å². The zero-order chi connectivity index (χ0) is 32.7. The lowest BCUT2D eigenvalue weighted by Gasteiger charge is -2.34. The zero-order valence-corrected chi connectivity index (χ0v) is 27.7. The van der Waals surface area contributed by atoms with Gasteiger partial charge in [-0.05, 0) is 95.9 Å². The Morgan fingerprint density at radius 3 is 2.55 bits per heavy atom. The summed E-state index contributed by atoms with van der Waals surface area (Å²) in [5.41, 5.74) is 3.55. The van der Waals surface area contributed by atoms with Crippen LogP contribution in [0.4, 0.5) is 0 Å². The summed E-state index contributed by atoms with van der Waals surface area (Å²) < 4.78 is 9.62. The van der Waals surface area contributed by atoms with Crippen LogP contribution in [-0.4, -0.2) is 48.2 Å². The predicted octanol–water partition coefficient (Wildman–Crippen LogP) is 6.03. The van der Waals surface area contributed by atoms with E-state index in [1.807, 2.05) is 49.4 Å². The van der Waals surface area contributed by atoms with Crippen LogP contribution in [0.3, 0.4) is 0 Å². The molecular weight excluding hydrogens is 684 g/mol. The quantitative estimate of drug-likeness (QED) is 0.210. The standard InChI is InChI=1S/C35H30BrClN6O4/c1-21-19-42-31(20-41(21)34(45)22-8-15-28(36)29(37)17-22)32(43(35(42)46)24-9-11-25(12-10-24)47-26-13-14-26)33(44)38-18-23-5-2-3-6-27(23)30-7-4-16-39-40-30/h2-12,15-17,21,26H,13-14,18-20H2,1H3,(H,38,44)/t21-/m1/s1. The van der Waals surface area contributed by atoms with Gasteiger partial charge in [-0.1, -0.05) is 35.9 Å². The number of imidazole rings is 1. The van der Waals surface area contributed by atoms with Gasteiger partial charge in [-0.2, -0.15) is 10.2 Å².